The Hall–Kier alpha value is -1.59. The molecular weight excluding hydrogens is 392 g/mol. The normalized spacial score (nSPS) is 12.2. The van der Waals surface area contributed by atoms with Crippen molar-refractivity contribution in [2.45, 2.75) is 143 Å². The Kier molecular flexibility index (Phi) is 17.1. The summed E-state index contributed by atoms with van der Waals surface area (Å²) in [7, 11) is 0. The molecule has 0 saturated heterocycles. The first-order valence-corrected chi connectivity index (χ1v) is 12.5. The van der Waals surface area contributed by atoms with E-state index in [1.807, 2.05) is 27.7 Å². The van der Waals surface area contributed by atoms with E-state index in [4.69, 9.17) is 0 Å². The van der Waals surface area contributed by atoms with Crippen LogP contribution in [0.15, 0.2) is 0 Å². The number of carbonyl (C=O) groups is 3. The molecule has 1 atom stereocenters. The Balaban J connectivity index is 4.03. The van der Waals surface area contributed by atoms with Gasteiger partial charge >= 0.3 is 5.97 Å². The fraction of sp³-hybridized carbons (Fsp3) is 0.880. The van der Waals surface area contributed by atoms with Gasteiger partial charge in [-0.1, -0.05) is 71.1 Å². The van der Waals surface area contributed by atoms with Crippen LogP contribution in [0.3, 0.4) is 0 Å². The SMILES string of the molecule is CCCCCCCCCCCCCC(=O)N[C@@H](CCC(=O)N(C(C)C)C(C)C)C(=O)O. The number of nitrogens with one attached hydrogen (secondary N) is 1. The molecule has 0 radical (unpaired) electrons. The molecule has 0 aliphatic heterocycles. The van der Waals surface area contributed by atoms with E-state index < -0.39 is 12.0 Å². The maximum atomic E-state index is 12.4. The van der Waals surface area contributed by atoms with Gasteiger partial charge in [-0.05, 0) is 40.5 Å². The summed E-state index contributed by atoms with van der Waals surface area (Å²) in [6, 6.07) is -0.886. The number of amides is 2. The van der Waals surface area contributed by atoms with Gasteiger partial charge in [0.25, 0.3) is 0 Å². The third-order valence-corrected chi connectivity index (χ3v) is 5.69. The average Bonchev–Trinajstić information content (AvgIpc) is 2.68. The van der Waals surface area contributed by atoms with Crippen molar-refractivity contribution in [2.75, 3.05) is 0 Å². The van der Waals surface area contributed by atoms with Crippen molar-refractivity contribution >= 4 is 17.8 Å². The smallest absolute Gasteiger partial charge is 0.326 e. The highest BCUT2D eigenvalue weighted by molar-refractivity contribution is 5.84. The highest BCUT2D eigenvalue weighted by atomic mass is 16.4. The van der Waals surface area contributed by atoms with Gasteiger partial charge in [0.1, 0.15) is 6.04 Å². The lowest BCUT2D eigenvalue weighted by Gasteiger charge is -2.31. The quantitative estimate of drug-likeness (QED) is 0.253. The van der Waals surface area contributed by atoms with E-state index in [1.165, 1.54) is 51.4 Å². The molecule has 0 spiro atoms. The summed E-state index contributed by atoms with van der Waals surface area (Å²) in [6.07, 6.45) is 13.9. The molecule has 2 amide bonds. The number of carbonyl (C=O) groups excluding carboxylic acids is 2. The summed E-state index contributed by atoms with van der Waals surface area (Å²) < 4.78 is 0. The molecule has 0 aromatic rings. The van der Waals surface area contributed by atoms with E-state index in [0.29, 0.717) is 6.42 Å². The summed E-state index contributed by atoms with van der Waals surface area (Å²) in [6.45, 7) is 10.0. The van der Waals surface area contributed by atoms with Crippen LogP contribution in [-0.4, -0.2) is 45.9 Å². The first kappa shape index (κ1) is 29.4. The molecular formula is C25H48N2O4. The molecule has 6 heteroatoms. The third-order valence-electron chi connectivity index (χ3n) is 5.69. The van der Waals surface area contributed by atoms with Crippen LogP contribution >= 0.6 is 0 Å². The number of hydrogen-bond acceptors (Lipinski definition) is 3. The Bertz CT molecular complexity index is 498. The number of aliphatic carboxylic acids is 1. The average molecular weight is 441 g/mol. The van der Waals surface area contributed by atoms with Crippen molar-refractivity contribution < 1.29 is 19.5 Å². The number of carboxylic acid groups (broad SMARTS) is 1. The molecule has 0 aliphatic carbocycles. The van der Waals surface area contributed by atoms with Crippen LogP contribution < -0.4 is 5.32 Å². The Labute approximate surface area is 190 Å². The van der Waals surface area contributed by atoms with Crippen molar-refractivity contribution in [1.82, 2.24) is 10.2 Å². The van der Waals surface area contributed by atoms with Crippen LogP contribution in [0.5, 0.6) is 0 Å². The predicted molar refractivity (Wildman–Crippen MR) is 127 cm³/mol. The van der Waals surface area contributed by atoms with Crippen molar-refractivity contribution in [3.63, 3.8) is 0 Å². The third kappa shape index (κ3) is 14.9. The van der Waals surface area contributed by atoms with Gasteiger partial charge in [0.05, 0.1) is 0 Å². The van der Waals surface area contributed by atoms with Crippen LogP contribution in [-0.2, 0) is 14.4 Å². The molecule has 6 nitrogen and oxygen atoms in total. The zero-order valence-electron chi connectivity index (χ0n) is 20.8. The summed E-state index contributed by atoms with van der Waals surface area (Å²) in [4.78, 5) is 37.8. The lowest BCUT2D eigenvalue weighted by Crippen LogP contribution is -2.44. The highest BCUT2D eigenvalue weighted by Crippen LogP contribution is 2.13. The molecule has 0 rings (SSSR count). The standard InChI is InChI=1S/C25H48N2O4/c1-6-7-8-9-10-11-12-13-14-15-16-17-23(28)26-22(25(30)31)18-19-24(29)27(20(2)3)21(4)5/h20-22H,6-19H2,1-5H3,(H,26,28)(H,30,31)/t22-/m0/s1. The lowest BCUT2D eigenvalue weighted by atomic mass is 10.0. The molecule has 0 unspecified atom stereocenters. The molecule has 0 bridgehead atoms. The Morgan fingerprint density at radius 2 is 1.19 bits per heavy atom. The summed E-state index contributed by atoms with van der Waals surface area (Å²) in [5.41, 5.74) is 0. The minimum atomic E-state index is -1.08. The summed E-state index contributed by atoms with van der Waals surface area (Å²) in [5, 5.41) is 12.0. The Morgan fingerprint density at radius 3 is 1.61 bits per heavy atom. The zero-order chi connectivity index (χ0) is 23.6. The van der Waals surface area contributed by atoms with Gasteiger partial charge in [-0.25, -0.2) is 4.79 Å². The van der Waals surface area contributed by atoms with Crippen LogP contribution in [0.25, 0.3) is 0 Å². The molecule has 31 heavy (non-hydrogen) atoms. The van der Waals surface area contributed by atoms with Crippen LogP contribution in [0.4, 0.5) is 0 Å². The fourth-order valence-electron chi connectivity index (χ4n) is 4.04. The van der Waals surface area contributed by atoms with E-state index in [2.05, 4.69) is 12.2 Å². The monoisotopic (exact) mass is 440 g/mol. The maximum absolute atomic E-state index is 12.4. The number of unbranched alkanes of at least 4 members (excludes halogenated alkanes) is 10. The van der Waals surface area contributed by atoms with Gasteiger partial charge in [-0.2, -0.15) is 0 Å². The maximum Gasteiger partial charge on any atom is 0.326 e. The molecule has 0 aromatic carbocycles. The molecule has 0 aliphatic rings. The molecule has 0 heterocycles. The van der Waals surface area contributed by atoms with E-state index in [9.17, 15) is 19.5 Å². The van der Waals surface area contributed by atoms with Crippen molar-refractivity contribution in [1.29, 1.82) is 0 Å². The second-order valence-corrected chi connectivity index (χ2v) is 9.27. The predicted octanol–water partition coefficient (Wildman–Crippen LogP) is 5.68. The van der Waals surface area contributed by atoms with Gasteiger partial charge in [-0.15, -0.1) is 0 Å². The van der Waals surface area contributed by atoms with Crippen LogP contribution in [0.1, 0.15) is 125 Å². The fourth-order valence-corrected chi connectivity index (χ4v) is 4.04. The number of nitrogens with zero attached hydrogens (tertiary/aromatic N) is 1. The Morgan fingerprint density at radius 1 is 0.742 bits per heavy atom. The van der Waals surface area contributed by atoms with Crippen molar-refractivity contribution in [3.8, 4) is 0 Å². The first-order chi connectivity index (χ1) is 14.7. The van der Waals surface area contributed by atoms with E-state index in [-0.39, 0.29) is 36.7 Å². The molecule has 0 fully saturated rings. The summed E-state index contributed by atoms with van der Waals surface area (Å²) in [5.74, 6) is -1.39. The second-order valence-electron chi connectivity index (χ2n) is 9.27. The van der Waals surface area contributed by atoms with Gasteiger partial charge < -0.3 is 15.3 Å². The van der Waals surface area contributed by atoms with E-state index in [1.54, 1.807) is 4.90 Å². The summed E-state index contributed by atoms with van der Waals surface area (Å²) >= 11 is 0. The van der Waals surface area contributed by atoms with Gasteiger partial charge in [0.15, 0.2) is 0 Å². The lowest BCUT2D eigenvalue weighted by molar-refractivity contribution is -0.142. The van der Waals surface area contributed by atoms with Gasteiger partial charge in [0, 0.05) is 24.9 Å². The van der Waals surface area contributed by atoms with E-state index >= 15 is 0 Å². The van der Waals surface area contributed by atoms with Crippen LogP contribution in [0.2, 0.25) is 0 Å². The molecule has 2 N–H and O–H groups in total. The van der Waals surface area contributed by atoms with Gasteiger partial charge in [-0.3, -0.25) is 9.59 Å². The largest absolute Gasteiger partial charge is 0.480 e. The zero-order valence-corrected chi connectivity index (χ0v) is 20.8. The van der Waals surface area contributed by atoms with E-state index in [0.717, 1.165) is 19.3 Å². The minimum absolute atomic E-state index is 0.0615. The number of hydrogen-bond donors (Lipinski definition) is 2. The molecule has 182 valence electrons. The molecule has 0 aromatic heterocycles. The van der Waals surface area contributed by atoms with Crippen molar-refractivity contribution in [3.05, 3.63) is 0 Å². The van der Waals surface area contributed by atoms with Crippen LogP contribution in [0, 0.1) is 0 Å². The second kappa shape index (κ2) is 18.0. The first-order valence-electron chi connectivity index (χ1n) is 12.5. The van der Waals surface area contributed by atoms with Crippen molar-refractivity contribution in [2.24, 2.45) is 0 Å². The minimum Gasteiger partial charge on any atom is -0.480 e. The van der Waals surface area contributed by atoms with Gasteiger partial charge in [0.2, 0.25) is 11.8 Å². The highest BCUT2D eigenvalue weighted by Gasteiger charge is 2.24. The number of carboxylic acids is 1. The topological polar surface area (TPSA) is 86.7 Å². The number of rotatable bonds is 19. The molecule has 0 saturated carbocycles.